The fourth-order valence-corrected chi connectivity index (χ4v) is 2.55. The van der Waals surface area contributed by atoms with Gasteiger partial charge >= 0.3 is 0 Å². The first-order valence-electron chi connectivity index (χ1n) is 5.27. The summed E-state index contributed by atoms with van der Waals surface area (Å²) in [6, 6.07) is 6.03. The molecule has 1 fully saturated rings. The molecule has 2 heterocycles. The Bertz CT molecular complexity index is 313. The van der Waals surface area contributed by atoms with Crippen LogP contribution in [0, 0.1) is 0 Å². The molecule has 1 unspecified atom stereocenters. The van der Waals surface area contributed by atoms with Crippen LogP contribution in [0.2, 0.25) is 0 Å². The second-order valence-corrected chi connectivity index (χ2v) is 4.60. The quantitative estimate of drug-likeness (QED) is 0.796. The molecule has 0 amide bonds. The zero-order chi connectivity index (χ0) is 10.5. The standard InChI is InChI=1S/C11H16N2OS/c1-12-10-5-2-6-11(13-10)15-8-9-4-3-7-14-9/h2,5-6,9H,3-4,7-8H2,1H3,(H,12,13). The predicted octanol–water partition coefficient (Wildman–Crippen LogP) is 2.39. The topological polar surface area (TPSA) is 34.1 Å². The monoisotopic (exact) mass is 224 g/mol. The Labute approximate surface area is 94.6 Å². The predicted molar refractivity (Wildman–Crippen MR) is 63.5 cm³/mol. The van der Waals surface area contributed by atoms with Crippen LogP contribution in [-0.4, -0.2) is 30.5 Å². The molecule has 1 atom stereocenters. The maximum absolute atomic E-state index is 5.57. The molecule has 0 spiro atoms. The Morgan fingerprint density at radius 3 is 3.27 bits per heavy atom. The highest BCUT2D eigenvalue weighted by Crippen LogP contribution is 2.23. The van der Waals surface area contributed by atoms with Crippen molar-refractivity contribution in [3.8, 4) is 0 Å². The summed E-state index contributed by atoms with van der Waals surface area (Å²) in [5, 5.41) is 4.11. The molecule has 3 nitrogen and oxygen atoms in total. The first-order chi connectivity index (χ1) is 7.38. The SMILES string of the molecule is CNc1cccc(SCC2CCCO2)n1. The van der Waals surface area contributed by atoms with Crippen molar-refractivity contribution >= 4 is 17.6 Å². The van der Waals surface area contributed by atoms with Crippen LogP contribution in [0.5, 0.6) is 0 Å². The van der Waals surface area contributed by atoms with Gasteiger partial charge in [0.1, 0.15) is 5.82 Å². The molecule has 1 aromatic heterocycles. The van der Waals surface area contributed by atoms with E-state index in [2.05, 4.69) is 10.3 Å². The number of nitrogens with zero attached hydrogens (tertiary/aromatic N) is 1. The zero-order valence-electron chi connectivity index (χ0n) is 8.90. The molecule has 1 saturated heterocycles. The highest BCUT2D eigenvalue weighted by atomic mass is 32.2. The summed E-state index contributed by atoms with van der Waals surface area (Å²) in [6.45, 7) is 0.926. The summed E-state index contributed by atoms with van der Waals surface area (Å²) in [4.78, 5) is 4.45. The van der Waals surface area contributed by atoms with Crippen LogP contribution < -0.4 is 5.32 Å². The lowest BCUT2D eigenvalue weighted by molar-refractivity contribution is 0.129. The molecule has 1 aliphatic heterocycles. The summed E-state index contributed by atoms with van der Waals surface area (Å²) in [5.41, 5.74) is 0. The summed E-state index contributed by atoms with van der Waals surface area (Å²) in [5.74, 6) is 1.94. The molecule has 0 bridgehead atoms. The number of rotatable bonds is 4. The lowest BCUT2D eigenvalue weighted by Gasteiger charge is -2.08. The van der Waals surface area contributed by atoms with Gasteiger partial charge in [-0.3, -0.25) is 0 Å². The third-order valence-electron chi connectivity index (χ3n) is 2.42. The molecule has 1 aliphatic rings. The summed E-state index contributed by atoms with van der Waals surface area (Å²) in [6.07, 6.45) is 2.82. The van der Waals surface area contributed by atoms with E-state index in [-0.39, 0.29) is 0 Å². The van der Waals surface area contributed by atoms with E-state index in [1.807, 2.05) is 25.2 Å². The second-order valence-electron chi connectivity index (χ2n) is 3.56. The molecule has 82 valence electrons. The molecule has 0 radical (unpaired) electrons. The fourth-order valence-electron chi connectivity index (χ4n) is 1.59. The lowest BCUT2D eigenvalue weighted by atomic mass is 10.3. The van der Waals surface area contributed by atoms with Crippen LogP contribution in [0.4, 0.5) is 5.82 Å². The van der Waals surface area contributed by atoms with Gasteiger partial charge in [-0.1, -0.05) is 6.07 Å². The number of anilines is 1. The van der Waals surface area contributed by atoms with Crippen LogP contribution in [-0.2, 0) is 4.74 Å². The Morgan fingerprint density at radius 1 is 1.60 bits per heavy atom. The average Bonchev–Trinajstić information content (AvgIpc) is 2.79. The Morgan fingerprint density at radius 2 is 2.53 bits per heavy atom. The first kappa shape index (κ1) is 10.8. The van der Waals surface area contributed by atoms with Crippen LogP contribution >= 0.6 is 11.8 Å². The zero-order valence-corrected chi connectivity index (χ0v) is 9.72. The maximum atomic E-state index is 5.57. The van der Waals surface area contributed by atoms with Crippen molar-refractivity contribution in [1.82, 2.24) is 4.98 Å². The first-order valence-corrected chi connectivity index (χ1v) is 6.26. The number of ether oxygens (including phenoxy) is 1. The largest absolute Gasteiger partial charge is 0.377 e. The Kier molecular flexibility index (Phi) is 3.86. The van der Waals surface area contributed by atoms with E-state index in [1.54, 1.807) is 11.8 Å². The van der Waals surface area contributed by atoms with Gasteiger partial charge in [-0.15, -0.1) is 11.8 Å². The van der Waals surface area contributed by atoms with Crippen LogP contribution in [0.3, 0.4) is 0 Å². The van der Waals surface area contributed by atoms with Gasteiger partial charge in [0.05, 0.1) is 11.1 Å². The van der Waals surface area contributed by atoms with Crippen molar-refractivity contribution in [2.45, 2.75) is 24.0 Å². The minimum atomic E-state index is 0.426. The van der Waals surface area contributed by atoms with Gasteiger partial charge in [-0.25, -0.2) is 4.98 Å². The molecule has 2 rings (SSSR count). The normalized spacial score (nSPS) is 20.5. The van der Waals surface area contributed by atoms with Gasteiger partial charge in [0.25, 0.3) is 0 Å². The number of hydrogen-bond acceptors (Lipinski definition) is 4. The minimum absolute atomic E-state index is 0.426. The van der Waals surface area contributed by atoms with Gasteiger partial charge in [-0.2, -0.15) is 0 Å². The minimum Gasteiger partial charge on any atom is -0.377 e. The van der Waals surface area contributed by atoms with Gasteiger partial charge < -0.3 is 10.1 Å². The van der Waals surface area contributed by atoms with Crippen LogP contribution in [0.15, 0.2) is 23.2 Å². The van der Waals surface area contributed by atoms with Gasteiger partial charge in [-0.05, 0) is 25.0 Å². The Hall–Kier alpha value is -0.740. The molecule has 0 aromatic carbocycles. The van der Waals surface area contributed by atoms with Crippen LogP contribution in [0.1, 0.15) is 12.8 Å². The lowest BCUT2D eigenvalue weighted by Crippen LogP contribution is -2.08. The van der Waals surface area contributed by atoms with E-state index >= 15 is 0 Å². The van der Waals surface area contributed by atoms with E-state index in [1.165, 1.54) is 12.8 Å². The van der Waals surface area contributed by atoms with Crippen molar-refractivity contribution < 1.29 is 4.74 Å². The average molecular weight is 224 g/mol. The summed E-state index contributed by atoms with van der Waals surface area (Å²) >= 11 is 1.77. The summed E-state index contributed by atoms with van der Waals surface area (Å²) < 4.78 is 5.57. The number of aromatic nitrogens is 1. The van der Waals surface area contributed by atoms with E-state index < -0.39 is 0 Å². The molecule has 1 aromatic rings. The van der Waals surface area contributed by atoms with Crippen molar-refractivity contribution in [3.05, 3.63) is 18.2 Å². The van der Waals surface area contributed by atoms with Crippen molar-refractivity contribution in [2.75, 3.05) is 24.7 Å². The maximum Gasteiger partial charge on any atom is 0.126 e. The van der Waals surface area contributed by atoms with E-state index in [9.17, 15) is 0 Å². The third kappa shape index (κ3) is 3.11. The smallest absolute Gasteiger partial charge is 0.126 e. The summed E-state index contributed by atoms with van der Waals surface area (Å²) in [7, 11) is 1.89. The van der Waals surface area contributed by atoms with Gasteiger partial charge in [0, 0.05) is 19.4 Å². The Balaban J connectivity index is 1.86. The van der Waals surface area contributed by atoms with E-state index in [0.717, 1.165) is 23.2 Å². The van der Waals surface area contributed by atoms with Crippen molar-refractivity contribution in [3.63, 3.8) is 0 Å². The molecule has 0 saturated carbocycles. The number of hydrogen-bond donors (Lipinski definition) is 1. The van der Waals surface area contributed by atoms with Gasteiger partial charge in [0.15, 0.2) is 0 Å². The third-order valence-corrected chi connectivity index (χ3v) is 3.48. The highest BCUT2D eigenvalue weighted by Gasteiger charge is 2.15. The number of nitrogens with one attached hydrogen (secondary N) is 1. The number of pyridine rings is 1. The molecule has 4 heteroatoms. The number of thioether (sulfide) groups is 1. The van der Waals surface area contributed by atoms with E-state index in [0.29, 0.717) is 6.10 Å². The fraction of sp³-hybridized carbons (Fsp3) is 0.545. The van der Waals surface area contributed by atoms with Gasteiger partial charge in [0.2, 0.25) is 0 Å². The van der Waals surface area contributed by atoms with Crippen molar-refractivity contribution in [2.24, 2.45) is 0 Å². The molecular formula is C11H16N2OS. The van der Waals surface area contributed by atoms with Crippen LogP contribution in [0.25, 0.3) is 0 Å². The second kappa shape index (κ2) is 5.37. The van der Waals surface area contributed by atoms with Crippen molar-refractivity contribution in [1.29, 1.82) is 0 Å². The van der Waals surface area contributed by atoms with E-state index in [4.69, 9.17) is 4.74 Å². The highest BCUT2D eigenvalue weighted by molar-refractivity contribution is 7.99. The molecule has 1 N–H and O–H groups in total. The molecule has 15 heavy (non-hydrogen) atoms. The molecular weight excluding hydrogens is 208 g/mol. The molecule has 0 aliphatic carbocycles.